The Balaban J connectivity index is 1.98. The van der Waals surface area contributed by atoms with Crippen LogP contribution in [0, 0.1) is 0 Å². The molecule has 3 aromatic rings. The highest BCUT2D eigenvalue weighted by atomic mass is 79.9. The molecule has 2 heterocycles. The van der Waals surface area contributed by atoms with Gasteiger partial charge in [0.05, 0.1) is 5.69 Å². The lowest BCUT2D eigenvalue weighted by atomic mass is 10.1. The smallest absolute Gasteiger partial charge is 0.156 e. The second-order valence-corrected chi connectivity index (χ2v) is 5.24. The first-order valence-electron chi connectivity index (χ1n) is 6.04. The highest BCUT2D eigenvalue weighted by Gasteiger charge is 2.07. The van der Waals surface area contributed by atoms with Crippen LogP contribution in [-0.4, -0.2) is 14.6 Å². The van der Waals surface area contributed by atoms with E-state index in [9.17, 15) is 0 Å². The number of nitrogens with two attached hydrogens (primary N) is 1. The maximum absolute atomic E-state index is 5.70. The van der Waals surface area contributed by atoms with Gasteiger partial charge in [-0.3, -0.25) is 0 Å². The fourth-order valence-corrected chi connectivity index (χ4v) is 2.51. The first kappa shape index (κ1) is 12.3. The highest BCUT2D eigenvalue weighted by Crippen LogP contribution is 2.14. The van der Waals surface area contributed by atoms with Gasteiger partial charge in [-0.2, -0.15) is 5.10 Å². The van der Waals surface area contributed by atoms with E-state index >= 15 is 0 Å². The molecule has 0 saturated heterocycles. The predicted molar refractivity (Wildman–Crippen MR) is 77.8 cm³/mol. The second kappa shape index (κ2) is 5.11. The van der Waals surface area contributed by atoms with Crippen molar-refractivity contribution in [2.75, 3.05) is 0 Å². The van der Waals surface area contributed by atoms with Crippen LogP contribution in [0.15, 0.2) is 46.9 Å². The van der Waals surface area contributed by atoms with Gasteiger partial charge in [-0.25, -0.2) is 9.50 Å². The van der Waals surface area contributed by atoms with E-state index in [2.05, 4.69) is 38.1 Å². The Morgan fingerprint density at radius 3 is 2.79 bits per heavy atom. The van der Waals surface area contributed by atoms with Crippen molar-refractivity contribution in [3.05, 3.63) is 64.0 Å². The fraction of sp³-hybridized carbons (Fsp3) is 0.143. The monoisotopic (exact) mass is 316 g/mol. The van der Waals surface area contributed by atoms with E-state index in [1.165, 1.54) is 5.56 Å². The first-order valence-corrected chi connectivity index (χ1v) is 6.83. The van der Waals surface area contributed by atoms with Gasteiger partial charge in [-0.05, 0) is 29.8 Å². The molecular formula is C14H13BrN4. The largest absolute Gasteiger partial charge is 0.325 e. The molecule has 0 unspecified atom stereocenters. The third-order valence-corrected chi connectivity index (χ3v) is 3.44. The van der Waals surface area contributed by atoms with E-state index in [1.807, 2.05) is 34.8 Å². The number of aromatic nitrogens is 3. The molecule has 0 atom stereocenters. The third-order valence-electron chi connectivity index (χ3n) is 2.94. The molecule has 0 fully saturated rings. The summed E-state index contributed by atoms with van der Waals surface area (Å²) in [6.45, 7) is 0.455. The summed E-state index contributed by atoms with van der Waals surface area (Å²) in [7, 11) is 0. The van der Waals surface area contributed by atoms with E-state index in [4.69, 9.17) is 5.73 Å². The molecule has 4 nitrogen and oxygen atoms in total. The van der Waals surface area contributed by atoms with E-state index in [1.54, 1.807) is 0 Å². The van der Waals surface area contributed by atoms with Crippen molar-refractivity contribution in [1.29, 1.82) is 0 Å². The Bertz CT molecular complexity index is 720. The quantitative estimate of drug-likeness (QED) is 0.808. The zero-order valence-electron chi connectivity index (χ0n) is 10.3. The van der Waals surface area contributed by atoms with Gasteiger partial charge in [-0.15, -0.1) is 0 Å². The lowest BCUT2D eigenvalue weighted by Crippen LogP contribution is -2.04. The third kappa shape index (κ3) is 2.52. The van der Waals surface area contributed by atoms with Gasteiger partial charge in [0.2, 0.25) is 0 Å². The predicted octanol–water partition coefficient (Wildman–Crippen LogP) is 2.54. The van der Waals surface area contributed by atoms with Crippen molar-refractivity contribution in [2.24, 2.45) is 5.73 Å². The Labute approximate surface area is 119 Å². The lowest BCUT2D eigenvalue weighted by molar-refractivity contribution is 0.826. The van der Waals surface area contributed by atoms with Crippen molar-refractivity contribution >= 4 is 21.6 Å². The molecule has 96 valence electrons. The van der Waals surface area contributed by atoms with E-state index in [0.29, 0.717) is 13.0 Å². The zero-order valence-corrected chi connectivity index (χ0v) is 11.8. The number of pyridine rings is 1. The maximum Gasteiger partial charge on any atom is 0.156 e. The van der Waals surface area contributed by atoms with Crippen LogP contribution < -0.4 is 5.73 Å². The maximum atomic E-state index is 5.70. The molecule has 0 bridgehead atoms. The molecule has 2 aromatic heterocycles. The van der Waals surface area contributed by atoms with Crippen molar-refractivity contribution in [3.8, 4) is 0 Å². The van der Waals surface area contributed by atoms with Crippen LogP contribution in [0.25, 0.3) is 5.65 Å². The molecule has 5 heteroatoms. The Morgan fingerprint density at radius 2 is 2.00 bits per heavy atom. The molecule has 0 aliphatic rings. The van der Waals surface area contributed by atoms with Gasteiger partial charge < -0.3 is 5.73 Å². The molecule has 2 N–H and O–H groups in total. The van der Waals surface area contributed by atoms with Crippen LogP contribution in [0.4, 0.5) is 0 Å². The summed E-state index contributed by atoms with van der Waals surface area (Å²) >= 11 is 3.47. The van der Waals surface area contributed by atoms with Gasteiger partial charge in [0.1, 0.15) is 0 Å². The average Bonchev–Trinajstić information content (AvgIpc) is 2.80. The fourth-order valence-electron chi connectivity index (χ4n) is 2.06. The van der Waals surface area contributed by atoms with Crippen LogP contribution in [0.5, 0.6) is 0 Å². The second-order valence-electron chi connectivity index (χ2n) is 4.33. The number of hydrogen-bond donors (Lipinski definition) is 1. The summed E-state index contributed by atoms with van der Waals surface area (Å²) in [5, 5.41) is 4.52. The SMILES string of the molecule is NCc1cccc2nc(Cc3cccc(Br)c3)nn12. The van der Waals surface area contributed by atoms with Gasteiger partial charge >= 0.3 is 0 Å². The molecule has 0 amide bonds. The number of halogens is 1. The molecule has 3 rings (SSSR count). The van der Waals surface area contributed by atoms with E-state index in [0.717, 1.165) is 21.6 Å². The molecule has 1 aromatic carbocycles. The topological polar surface area (TPSA) is 56.2 Å². The number of rotatable bonds is 3. The van der Waals surface area contributed by atoms with E-state index < -0.39 is 0 Å². The molecule has 0 aliphatic carbocycles. The van der Waals surface area contributed by atoms with Gasteiger partial charge in [0, 0.05) is 17.4 Å². The molecule has 0 aliphatic heterocycles. The molecule has 0 radical (unpaired) electrons. The normalized spacial score (nSPS) is 11.1. The number of fused-ring (bicyclic) bond motifs is 1. The van der Waals surface area contributed by atoms with Gasteiger partial charge in [-0.1, -0.05) is 34.1 Å². The Hall–Kier alpha value is -1.72. The Morgan fingerprint density at radius 1 is 1.16 bits per heavy atom. The molecule has 0 spiro atoms. The lowest BCUT2D eigenvalue weighted by Gasteiger charge is -1.99. The van der Waals surface area contributed by atoms with Crippen LogP contribution in [0.2, 0.25) is 0 Å². The van der Waals surface area contributed by atoms with Gasteiger partial charge in [0.15, 0.2) is 11.5 Å². The van der Waals surface area contributed by atoms with Crippen LogP contribution in [0.1, 0.15) is 17.1 Å². The molecule has 0 saturated carbocycles. The zero-order chi connectivity index (χ0) is 13.2. The van der Waals surface area contributed by atoms with Crippen molar-refractivity contribution in [1.82, 2.24) is 14.6 Å². The number of benzene rings is 1. The number of nitrogens with zero attached hydrogens (tertiary/aromatic N) is 3. The summed E-state index contributed by atoms with van der Waals surface area (Å²) in [6.07, 6.45) is 0.713. The minimum absolute atomic E-state index is 0.455. The van der Waals surface area contributed by atoms with Crippen LogP contribution in [0.3, 0.4) is 0 Å². The van der Waals surface area contributed by atoms with Crippen LogP contribution in [-0.2, 0) is 13.0 Å². The highest BCUT2D eigenvalue weighted by molar-refractivity contribution is 9.10. The standard InChI is InChI=1S/C14H13BrN4/c15-11-4-1-3-10(7-11)8-13-17-14-6-2-5-12(9-16)19(14)18-13/h1-7H,8-9,16H2. The summed E-state index contributed by atoms with van der Waals surface area (Å²) in [6, 6.07) is 14.0. The summed E-state index contributed by atoms with van der Waals surface area (Å²) in [5.74, 6) is 0.805. The van der Waals surface area contributed by atoms with Crippen molar-refractivity contribution < 1.29 is 0 Å². The minimum atomic E-state index is 0.455. The summed E-state index contributed by atoms with van der Waals surface area (Å²) in [4.78, 5) is 4.53. The minimum Gasteiger partial charge on any atom is -0.325 e. The summed E-state index contributed by atoms with van der Waals surface area (Å²) < 4.78 is 2.88. The van der Waals surface area contributed by atoms with E-state index in [-0.39, 0.29) is 0 Å². The number of hydrogen-bond acceptors (Lipinski definition) is 3. The van der Waals surface area contributed by atoms with Gasteiger partial charge in [0.25, 0.3) is 0 Å². The summed E-state index contributed by atoms with van der Waals surface area (Å²) in [5.41, 5.74) is 8.69. The molecular weight excluding hydrogens is 304 g/mol. The average molecular weight is 317 g/mol. The van der Waals surface area contributed by atoms with Crippen molar-refractivity contribution in [3.63, 3.8) is 0 Å². The molecule has 19 heavy (non-hydrogen) atoms. The first-order chi connectivity index (χ1) is 9.26. The van der Waals surface area contributed by atoms with Crippen LogP contribution >= 0.6 is 15.9 Å². The van der Waals surface area contributed by atoms with Crippen molar-refractivity contribution in [2.45, 2.75) is 13.0 Å². The Kier molecular flexibility index (Phi) is 3.31.